The Kier molecular flexibility index (Phi) is 3.09. The monoisotopic (exact) mass is 185 g/mol. The van der Waals surface area contributed by atoms with Crippen LogP contribution in [0, 0.1) is 6.07 Å². The van der Waals surface area contributed by atoms with Gasteiger partial charge in [-0.3, -0.25) is 0 Å². The fourth-order valence-electron chi connectivity index (χ4n) is 0.893. The normalized spacial score (nSPS) is 15.6. The first kappa shape index (κ1) is 9.52. The van der Waals surface area contributed by atoms with Crippen LogP contribution in [-0.4, -0.2) is 22.7 Å². The maximum absolute atomic E-state index is 9.70. The Labute approximate surface area is 76.4 Å². The summed E-state index contributed by atoms with van der Waals surface area (Å²) in [5.41, 5.74) is -0.748. The van der Waals surface area contributed by atoms with Crippen molar-refractivity contribution in [1.82, 2.24) is 0 Å². The molecule has 0 fully saturated rings. The van der Waals surface area contributed by atoms with E-state index in [9.17, 15) is 5.11 Å². The molecule has 0 saturated heterocycles. The summed E-state index contributed by atoms with van der Waals surface area (Å²) in [5.74, 6) is -0.0264. The number of rotatable bonds is 3. The highest BCUT2D eigenvalue weighted by molar-refractivity contribution is 6.18. The summed E-state index contributed by atoms with van der Waals surface area (Å²) < 4.78 is 0. The number of benzene rings is 1. The van der Waals surface area contributed by atoms with Crippen LogP contribution in [0.25, 0.3) is 0 Å². The van der Waals surface area contributed by atoms with Gasteiger partial charge in [-0.1, -0.05) is 18.2 Å². The molecule has 0 spiro atoms. The van der Waals surface area contributed by atoms with Crippen LogP contribution in [0.2, 0.25) is 0 Å². The molecule has 1 aromatic carbocycles. The van der Waals surface area contributed by atoms with E-state index >= 15 is 0 Å². The molecule has 3 heteroatoms. The average molecular weight is 186 g/mol. The Morgan fingerprint density at radius 2 is 2.33 bits per heavy atom. The predicted octanol–water partition coefficient (Wildman–Crippen LogP) is 0.905. The minimum Gasteiger partial charge on any atom is -0.393 e. The van der Waals surface area contributed by atoms with Gasteiger partial charge in [0.1, 0.15) is 5.60 Å². The van der Waals surface area contributed by atoms with E-state index in [0.717, 1.165) is 0 Å². The van der Waals surface area contributed by atoms with E-state index in [1.54, 1.807) is 24.3 Å². The summed E-state index contributed by atoms with van der Waals surface area (Å²) in [4.78, 5) is 0. The lowest BCUT2D eigenvalue weighted by atomic mass is 9.97. The largest absolute Gasteiger partial charge is 0.393 e. The van der Waals surface area contributed by atoms with Crippen molar-refractivity contribution in [2.24, 2.45) is 0 Å². The molecule has 0 aliphatic heterocycles. The maximum atomic E-state index is 9.70. The first-order valence-corrected chi connectivity index (χ1v) is 4.12. The van der Waals surface area contributed by atoms with Crippen LogP contribution in [0.1, 0.15) is 5.56 Å². The highest BCUT2D eigenvalue weighted by Crippen LogP contribution is 2.21. The smallest absolute Gasteiger partial charge is 0.126 e. The standard InChI is InChI=1S/C9H10ClO2/c10-6-9(12,7-11)8-4-2-1-3-5-8/h1-2,4-5,11-12H,6-7H2. The van der Waals surface area contributed by atoms with Crippen molar-refractivity contribution < 1.29 is 10.2 Å². The maximum Gasteiger partial charge on any atom is 0.126 e. The topological polar surface area (TPSA) is 40.5 Å². The molecule has 65 valence electrons. The van der Waals surface area contributed by atoms with Crippen LogP contribution in [0.5, 0.6) is 0 Å². The summed E-state index contributed by atoms with van der Waals surface area (Å²) in [6.45, 7) is -0.381. The second-order valence-electron chi connectivity index (χ2n) is 2.62. The van der Waals surface area contributed by atoms with Gasteiger partial charge in [0.25, 0.3) is 0 Å². The Morgan fingerprint density at radius 3 is 2.75 bits per heavy atom. The lowest BCUT2D eigenvalue weighted by molar-refractivity contribution is 0.000924. The lowest BCUT2D eigenvalue weighted by Crippen LogP contribution is -2.32. The lowest BCUT2D eigenvalue weighted by Gasteiger charge is -2.22. The number of alkyl halides is 1. The van der Waals surface area contributed by atoms with Crippen molar-refractivity contribution in [2.75, 3.05) is 12.5 Å². The Balaban J connectivity index is 2.95. The number of hydrogen-bond acceptors (Lipinski definition) is 2. The van der Waals surface area contributed by atoms with Gasteiger partial charge >= 0.3 is 0 Å². The molecule has 2 nitrogen and oxygen atoms in total. The number of hydrogen-bond donors (Lipinski definition) is 2. The minimum absolute atomic E-state index is 0.0264. The van der Waals surface area contributed by atoms with E-state index in [0.29, 0.717) is 5.56 Å². The Bertz CT molecular complexity index is 232. The summed E-state index contributed by atoms with van der Waals surface area (Å²) in [6.07, 6.45) is 0. The molecule has 0 saturated carbocycles. The first-order valence-electron chi connectivity index (χ1n) is 3.59. The van der Waals surface area contributed by atoms with Crippen molar-refractivity contribution in [2.45, 2.75) is 5.60 Å². The van der Waals surface area contributed by atoms with Crippen LogP contribution in [-0.2, 0) is 5.60 Å². The van der Waals surface area contributed by atoms with Gasteiger partial charge in [-0.25, -0.2) is 0 Å². The van der Waals surface area contributed by atoms with Crippen molar-refractivity contribution in [3.05, 3.63) is 35.9 Å². The van der Waals surface area contributed by atoms with Gasteiger partial charge in [0.2, 0.25) is 0 Å². The van der Waals surface area contributed by atoms with Gasteiger partial charge in [0.05, 0.1) is 12.5 Å². The molecule has 1 radical (unpaired) electrons. The van der Waals surface area contributed by atoms with Crippen LogP contribution in [0.3, 0.4) is 0 Å². The molecule has 1 rings (SSSR count). The first-order chi connectivity index (χ1) is 5.73. The summed E-state index contributed by atoms with van der Waals surface area (Å²) in [5, 5.41) is 18.6. The van der Waals surface area contributed by atoms with Gasteiger partial charge in [0, 0.05) is 0 Å². The zero-order valence-corrected chi connectivity index (χ0v) is 7.25. The third-order valence-electron chi connectivity index (χ3n) is 1.73. The average Bonchev–Trinajstić information content (AvgIpc) is 2.18. The SMILES string of the molecule is OCC(O)(CCl)c1c[c]ccc1. The van der Waals surface area contributed by atoms with Crippen LogP contribution >= 0.6 is 11.6 Å². The van der Waals surface area contributed by atoms with Crippen molar-refractivity contribution in [3.63, 3.8) is 0 Å². The van der Waals surface area contributed by atoms with E-state index in [-0.39, 0.29) is 12.5 Å². The molecule has 0 heterocycles. The molecule has 0 aromatic heterocycles. The number of halogens is 1. The highest BCUT2D eigenvalue weighted by atomic mass is 35.5. The van der Waals surface area contributed by atoms with E-state index in [2.05, 4.69) is 6.07 Å². The Morgan fingerprint density at radius 1 is 1.58 bits per heavy atom. The molecule has 12 heavy (non-hydrogen) atoms. The van der Waals surface area contributed by atoms with Crippen LogP contribution in [0.15, 0.2) is 24.3 Å². The molecular formula is C9H10ClO2. The molecule has 0 aliphatic carbocycles. The van der Waals surface area contributed by atoms with Crippen molar-refractivity contribution in [1.29, 1.82) is 0 Å². The fourth-order valence-corrected chi connectivity index (χ4v) is 1.13. The van der Waals surface area contributed by atoms with E-state index in [1.165, 1.54) is 0 Å². The molecular weight excluding hydrogens is 176 g/mol. The third-order valence-corrected chi connectivity index (χ3v) is 2.17. The van der Waals surface area contributed by atoms with Crippen molar-refractivity contribution in [3.8, 4) is 0 Å². The van der Waals surface area contributed by atoms with E-state index < -0.39 is 5.60 Å². The van der Waals surface area contributed by atoms with Crippen LogP contribution < -0.4 is 0 Å². The summed E-state index contributed by atoms with van der Waals surface area (Å²) in [6, 6.07) is 9.58. The molecule has 1 unspecified atom stereocenters. The molecule has 0 aliphatic rings. The highest BCUT2D eigenvalue weighted by Gasteiger charge is 2.26. The zero-order chi connectivity index (χ0) is 9.03. The Hall–Kier alpha value is -0.570. The second kappa shape index (κ2) is 3.90. The molecule has 1 atom stereocenters. The second-order valence-corrected chi connectivity index (χ2v) is 2.88. The molecule has 0 bridgehead atoms. The van der Waals surface area contributed by atoms with Gasteiger partial charge in [-0.2, -0.15) is 0 Å². The van der Waals surface area contributed by atoms with Gasteiger partial charge in [-0.05, 0) is 17.7 Å². The summed E-state index contributed by atoms with van der Waals surface area (Å²) in [7, 11) is 0. The van der Waals surface area contributed by atoms with Crippen LogP contribution in [0.4, 0.5) is 0 Å². The zero-order valence-electron chi connectivity index (χ0n) is 6.50. The third kappa shape index (κ3) is 1.78. The van der Waals surface area contributed by atoms with Crippen molar-refractivity contribution >= 4 is 11.6 Å². The molecule has 2 N–H and O–H groups in total. The van der Waals surface area contributed by atoms with Gasteiger partial charge in [-0.15, -0.1) is 11.6 Å². The fraction of sp³-hybridized carbons (Fsp3) is 0.333. The molecule has 1 aromatic rings. The minimum atomic E-state index is -1.33. The predicted molar refractivity (Wildman–Crippen MR) is 47.0 cm³/mol. The molecule has 0 amide bonds. The van der Waals surface area contributed by atoms with Gasteiger partial charge < -0.3 is 10.2 Å². The van der Waals surface area contributed by atoms with E-state index in [1.807, 2.05) is 0 Å². The van der Waals surface area contributed by atoms with E-state index in [4.69, 9.17) is 16.7 Å². The quantitative estimate of drug-likeness (QED) is 0.688. The van der Waals surface area contributed by atoms with Gasteiger partial charge in [0.15, 0.2) is 0 Å². The number of aliphatic hydroxyl groups excluding tert-OH is 1. The summed E-state index contributed by atoms with van der Waals surface area (Å²) >= 11 is 5.52. The number of aliphatic hydroxyl groups is 2.